The summed E-state index contributed by atoms with van der Waals surface area (Å²) >= 11 is 0. The van der Waals surface area contributed by atoms with E-state index in [-0.39, 0.29) is 36.0 Å². The Morgan fingerprint density at radius 1 is 1.67 bits per heavy atom. The Bertz CT molecular complexity index is 216. The molecule has 0 radical (unpaired) electrons. The minimum absolute atomic E-state index is 0. The molecule has 0 aromatic carbocycles. The minimum atomic E-state index is -2.44. The van der Waals surface area contributed by atoms with Crippen LogP contribution in [-0.2, 0) is 4.74 Å². The van der Waals surface area contributed by atoms with Gasteiger partial charge in [-0.05, 0) is 6.92 Å². The molecule has 0 spiro atoms. The molecule has 1 aliphatic rings. The maximum absolute atomic E-state index is 11.8. The zero-order valence-corrected chi connectivity index (χ0v) is 10.9. The largest absolute Gasteiger partial charge is 0.375 e. The van der Waals surface area contributed by atoms with Crippen molar-refractivity contribution in [2.75, 3.05) is 26.2 Å². The van der Waals surface area contributed by atoms with Gasteiger partial charge in [-0.3, -0.25) is 0 Å². The van der Waals surface area contributed by atoms with Crippen LogP contribution >= 0.6 is 24.0 Å². The molecule has 0 bridgehead atoms. The summed E-state index contributed by atoms with van der Waals surface area (Å²) in [5, 5.41) is 0. The van der Waals surface area contributed by atoms with Gasteiger partial charge in [-0.1, -0.05) is 0 Å². The standard InChI is InChI=1S/C8H15F2N3O.HI/c1-6-5-13(2-3-14-6)8(11)12-4-7(9)10;/h6-7H,2-5H2,1H3,(H2,11,12);1H. The van der Waals surface area contributed by atoms with E-state index in [9.17, 15) is 8.78 Å². The van der Waals surface area contributed by atoms with Crippen molar-refractivity contribution >= 4 is 29.9 Å². The summed E-state index contributed by atoms with van der Waals surface area (Å²) in [5.41, 5.74) is 5.55. The first-order chi connectivity index (χ1) is 6.59. The van der Waals surface area contributed by atoms with Crippen molar-refractivity contribution in [2.24, 2.45) is 10.7 Å². The molecule has 0 amide bonds. The molecule has 1 aliphatic heterocycles. The maximum atomic E-state index is 11.8. The molecule has 0 aliphatic carbocycles. The molecule has 15 heavy (non-hydrogen) atoms. The summed E-state index contributed by atoms with van der Waals surface area (Å²) in [4.78, 5) is 5.36. The van der Waals surface area contributed by atoms with Gasteiger partial charge in [-0.25, -0.2) is 13.8 Å². The summed E-state index contributed by atoms with van der Waals surface area (Å²) in [6.07, 6.45) is -2.36. The van der Waals surface area contributed by atoms with Gasteiger partial charge in [-0.15, -0.1) is 24.0 Å². The molecule has 0 aromatic heterocycles. The van der Waals surface area contributed by atoms with Crippen molar-refractivity contribution in [3.8, 4) is 0 Å². The molecule has 0 aromatic rings. The molecule has 1 unspecified atom stereocenters. The van der Waals surface area contributed by atoms with E-state index in [2.05, 4.69) is 4.99 Å². The average molecular weight is 335 g/mol. The molecule has 1 atom stereocenters. The molecule has 1 saturated heterocycles. The van der Waals surface area contributed by atoms with Gasteiger partial charge in [0.05, 0.1) is 12.7 Å². The van der Waals surface area contributed by atoms with Gasteiger partial charge < -0.3 is 15.4 Å². The number of morpholine rings is 1. The van der Waals surface area contributed by atoms with E-state index in [4.69, 9.17) is 10.5 Å². The third-order valence-electron chi connectivity index (χ3n) is 1.96. The normalized spacial score (nSPS) is 22.8. The van der Waals surface area contributed by atoms with Crippen LogP contribution in [0.1, 0.15) is 6.92 Å². The number of aliphatic imine (C=N–C) groups is 1. The predicted molar refractivity (Wildman–Crippen MR) is 64.9 cm³/mol. The predicted octanol–water partition coefficient (Wildman–Crippen LogP) is 0.905. The Kier molecular flexibility index (Phi) is 7.07. The van der Waals surface area contributed by atoms with Gasteiger partial charge in [0.2, 0.25) is 0 Å². The zero-order chi connectivity index (χ0) is 10.6. The maximum Gasteiger partial charge on any atom is 0.257 e. The van der Waals surface area contributed by atoms with E-state index in [1.807, 2.05) is 6.92 Å². The highest BCUT2D eigenvalue weighted by Gasteiger charge is 2.18. The first-order valence-corrected chi connectivity index (χ1v) is 4.54. The average Bonchev–Trinajstić information content (AvgIpc) is 2.14. The Balaban J connectivity index is 0.00000196. The van der Waals surface area contributed by atoms with Crippen LogP contribution in [0, 0.1) is 0 Å². The van der Waals surface area contributed by atoms with Crippen molar-refractivity contribution in [3.63, 3.8) is 0 Å². The number of ether oxygens (including phenoxy) is 1. The van der Waals surface area contributed by atoms with E-state index < -0.39 is 13.0 Å². The second-order valence-corrected chi connectivity index (χ2v) is 3.22. The van der Waals surface area contributed by atoms with Gasteiger partial charge in [0, 0.05) is 13.1 Å². The molecule has 1 fully saturated rings. The van der Waals surface area contributed by atoms with E-state index in [1.165, 1.54) is 0 Å². The smallest absolute Gasteiger partial charge is 0.257 e. The molecule has 1 heterocycles. The number of alkyl halides is 2. The van der Waals surface area contributed by atoms with Crippen LogP contribution in [0.5, 0.6) is 0 Å². The summed E-state index contributed by atoms with van der Waals surface area (Å²) in [6, 6.07) is 0. The lowest BCUT2D eigenvalue weighted by Gasteiger charge is -2.31. The van der Waals surface area contributed by atoms with Crippen LogP contribution < -0.4 is 5.73 Å². The molecular weight excluding hydrogens is 319 g/mol. The monoisotopic (exact) mass is 335 g/mol. The minimum Gasteiger partial charge on any atom is -0.375 e. The fourth-order valence-electron chi connectivity index (χ4n) is 1.29. The highest BCUT2D eigenvalue weighted by Crippen LogP contribution is 2.04. The van der Waals surface area contributed by atoms with Crippen molar-refractivity contribution in [2.45, 2.75) is 19.5 Å². The first kappa shape index (κ1) is 14.8. The lowest BCUT2D eigenvalue weighted by Crippen LogP contribution is -2.48. The lowest BCUT2D eigenvalue weighted by molar-refractivity contribution is 0.00520. The fourth-order valence-corrected chi connectivity index (χ4v) is 1.29. The second-order valence-electron chi connectivity index (χ2n) is 3.22. The van der Waals surface area contributed by atoms with Crippen LogP contribution in [0.3, 0.4) is 0 Å². The van der Waals surface area contributed by atoms with Gasteiger partial charge >= 0.3 is 0 Å². The number of guanidine groups is 1. The number of hydrogen-bond donors (Lipinski definition) is 1. The molecule has 90 valence electrons. The fraction of sp³-hybridized carbons (Fsp3) is 0.875. The van der Waals surface area contributed by atoms with Gasteiger partial charge in [0.1, 0.15) is 6.54 Å². The highest BCUT2D eigenvalue weighted by atomic mass is 127. The van der Waals surface area contributed by atoms with Gasteiger partial charge in [0.25, 0.3) is 6.43 Å². The number of rotatable bonds is 2. The van der Waals surface area contributed by atoms with Crippen molar-refractivity contribution in [1.82, 2.24) is 4.90 Å². The number of nitrogens with zero attached hydrogens (tertiary/aromatic N) is 2. The third kappa shape index (κ3) is 5.45. The first-order valence-electron chi connectivity index (χ1n) is 4.54. The van der Waals surface area contributed by atoms with E-state index >= 15 is 0 Å². The number of nitrogens with two attached hydrogens (primary N) is 1. The van der Waals surface area contributed by atoms with Crippen LogP contribution in [-0.4, -0.2) is 49.6 Å². The van der Waals surface area contributed by atoms with Crippen LogP contribution in [0.25, 0.3) is 0 Å². The van der Waals surface area contributed by atoms with Crippen molar-refractivity contribution in [1.29, 1.82) is 0 Å². The van der Waals surface area contributed by atoms with Crippen molar-refractivity contribution < 1.29 is 13.5 Å². The molecule has 7 heteroatoms. The van der Waals surface area contributed by atoms with Crippen LogP contribution in [0.15, 0.2) is 4.99 Å². The van der Waals surface area contributed by atoms with E-state index in [0.717, 1.165) is 0 Å². The third-order valence-corrected chi connectivity index (χ3v) is 1.96. The Hall–Kier alpha value is -0.180. The highest BCUT2D eigenvalue weighted by molar-refractivity contribution is 14.0. The van der Waals surface area contributed by atoms with Crippen LogP contribution in [0.4, 0.5) is 8.78 Å². The SMILES string of the molecule is CC1CN(C(N)=NCC(F)F)CCO1.I. The number of halogens is 3. The van der Waals surface area contributed by atoms with Crippen molar-refractivity contribution in [3.05, 3.63) is 0 Å². The summed E-state index contributed by atoms with van der Waals surface area (Å²) < 4.78 is 28.9. The lowest BCUT2D eigenvalue weighted by atomic mass is 10.3. The Morgan fingerprint density at radius 3 is 2.87 bits per heavy atom. The second kappa shape index (κ2) is 7.15. The Morgan fingerprint density at radius 2 is 2.33 bits per heavy atom. The molecule has 4 nitrogen and oxygen atoms in total. The summed E-state index contributed by atoms with van der Waals surface area (Å²) in [5.74, 6) is 0.181. The van der Waals surface area contributed by atoms with E-state index in [0.29, 0.717) is 19.7 Å². The topological polar surface area (TPSA) is 50.8 Å². The zero-order valence-electron chi connectivity index (χ0n) is 8.53. The summed E-state index contributed by atoms with van der Waals surface area (Å²) in [7, 11) is 0. The Labute approximate surface area is 105 Å². The summed E-state index contributed by atoms with van der Waals surface area (Å²) in [6.45, 7) is 3.16. The van der Waals surface area contributed by atoms with Gasteiger partial charge in [0.15, 0.2) is 5.96 Å². The van der Waals surface area contributed by atoms with Gasteiger partial charge in [-0.2, -0.15) is 0 Å². The number of hydrogen-bond acceptors (Lipinski definition) is 2. The molecular formula is C8H16F2IN3O. The molecule has 2 N–H and O–H groups in total. The molecule has 0 saturated carbocycles. The quantitative estimate of drug-likeness (QED) is 0.464. The van der Waals surface area contributed by atoms with E-state index in [1.54, 1.807) is 4.90 Å². The van der Waals surface area contributed by atoms with Crippen LogP contribution in [0.2, 0.25) is 0 Å². The molecule has 1 rings (SSSR count).